The molecule has 0 spiro atoms. The molecule has 0 saturated heterocycles. The first-order valence-corrected chi connectivity index (χ1v) is 13.8. The molecular formula is C31H46O5. The van der Waals surface area contributed by atoms with Crippen molar-refractivity contribution in [1.29, 1.82) is 0 Å². The third kappa shape index (κ3) is 10.1. The first-order chi connectivity index (χ1) is 17.6. The summed E-state index contributed by atoms with van der Waals surface area (Å²) in [6, 6.07) is 11.3. The van der Waals surface area contributed by atoms with Gasteiger partial charge in [-0.3, -0.25) is 4.79 Å². The number of phenols is 1. The van der Waals surface area contributed by atoms with Gasteiger partial charge in [0.05, 0.1) is 14.2 Å². The lowest BCUT2D eigenvalue weighted by Gasteiger charge is -2.17. The molecule has 1 N–H and O–H groups in total. The van der Waals surface area contributed by atoms with Gasteiger partial charge in [0.2, 0.25) is 5.75 Å². The van der Waals surface area contributed by atoms with E-state index in [1.807, 2.05) is 30.3 Å². The maximum absolute atomic E-state index is 13.1. The molecule has 36 heavy (non-hydrogen) atoms. The fourth-order valence-electron chi connectivity index (χ4n) is 4.50. The molecular weight excluding hydrogens is 452 g/mol. The summed E-state index contributed by atoms with van der Waals surface area (Å²) in [4.78, 5) is 13.1. The second kappa shape index (κ2) is 17.7. The van der Waals surface area contributed by atoms with Crippen molar-refractivity contribution in [3.8, 4) is 23.0 Å². The fourth-order valence-corrected chi connectivity index (χ4v) is 4.50. The molecule has 2 rings (SSSR count). The highest BCUT2D eigenvalue weighted by atomic mass is 16.5. The monoisotopic (exact) mass is 498 g/mol. The number of unbranched alkanes of at least 4 members (excludes halogenated alkanes) is 12. The van der Waals surface area contributed by atoms with Crippen LogP contribution in [0.15, 0.2) is 36.4 Å². The molecule has 200 valence electrons. The fraction of sp³-hybridized carbons (Fsp3) is 0.581. The van der Waals surface area contributed by atoms with Crippen LogP contribution < -0.4 is 14.2 Å². The first kappa shape index (κ1) is 29.5. The number of hydrogen-bond donors (Lipinski definition) is 1. The molecule has 0 fully saturated rings. The molecule has 0 saturated carbocycles. The van der Waals surface area contributed by atoms with E-state index in [0.29, 0.717) is 17.9 Å². The average Bonchev–Trinajstić information content (AvgIpc) is 2.90. The Hall–Kier alpha value is -2.69. The Labute approximate surface area is 218 Å². The molecule has 2 aromatic carbocycles. The summed E-state index contributed by atoms with van der Waals surface area (Å²) in [5.74, 6) is 0.432. The minimum atomic E-state index is -0.223. The Balaban J connectivity index is 1.81. The van der Waals surface area contributed by atoms with Gasteiger partial charge in [0, 0.05) is 12.5 Å². The molecule has 0 unspecified atom stereocenters. The maximum atomic E-state index is 13.1. The van der Waals surface area contributed by atoms with Crippen LogP contribution in [-0.4, -0.2) is 25.1 Å². The average molecular weight is 499 g/mol. The van der Waals surface area contributed by atoms with Crippen LogP contribution in [0.5, 0.6) is 23.0 Å². The van der Waals surface area contributed by atoms with Crippen LogP contribution >= 0.6 is 0 Å². The van der Waals surface area contributed by atoms with E-state index < -0.39 is 0 Å². The van der Waals surface area contributed by atoms with Gasteiger partial charge < -0.3 is 19.3 Å². The molecule has 0 radical (unpaired) electrons. The normalized spacial score (nSPS) is 10.9. The number of ether oxygens (including phenoxy) is 3. The Morgan fingerprint density at radius 1 is 0.750 bits per heavy atom. The highest BCUT2D eigenvalue weighted by Crippen LogP contribution is 2.45. The van der Waals surface area contributed by atoms with E-state index in [0.717, 1.165) is 24.8 Å². The van der Waals surface area contributed by atoms with Gasteiger partial charge in [-0.1, -0.05) is 114 Å². The lowest BCUT2D eigenvalue weighted by atomic mass is 10.0. The molecule has 0 atom stereocenters. The summed E-state index contributed by atoms with van der Waals surface area (Å²) in [6.07, 6.45) is 16.6. The molecule has 0 aliphatic carbocycles. The number of rotatable bonds is 20. The Bertz CT molecular complexity index is 878. The number of carbonyl (C=O) groups excluding carboxylic acids is 1. The van der Waals surface area contributed by atoms with Crippen LogP contribution in [0.3, 0.4) is 0 Å². The highest BCUT2D eigenvalue weighted by molar-refractivity contribution is 6.02. The van der Waals surface area contributed by atoms with Crippen molar-refractivity contribution in [3.05, 3.63) is 47.5 Å². The Morgan fingerprint density at radius 3 is 1.83 bits per heavy atom. The molecule has 0 aliphatic heterocycles. The highest BCUT2D eigenvalue weighted by Gasteiger charge is 2.25. The number of ketones is 1. The number of aromatic hydroxyl groups is 1. The number of methoxy groups -OCH3 is 2. The second-order valence-electron chi connectivity index (χ2n) is 9.52. The van der Waals surface area contributed by atoms with Crippen molar-refractivity contribution in [1.82, 2.24) is 0 Å². The van der Waals surface area contributed by atoms with Gasteiger partial charge in [-0.05, 0) is 12.0 Å². The zero-order valence-electron chi connectivity index (χ0n) is 22.7. The number of benzene rings is 2. The minimum absolute atomic E-state index is 0.139. The van der Waals surface area contributed by atoms with Crippen molar-refractivity contribution >= 4 is 5.78 Å². The van der Waals surface area contributed by atoms with Gasteiger partial charge in [0.1, 0.15) is 17.9 Å². The van der Waals surface area contributed by atoms with E-state index in [-0.39, 0.29) is 29.5 Å². The van der Waals surface area contributed by atoms with Crippen molar-refractivity contribution in [2.45, 2.75) is 103 Å². The third-order valence-electron chi connectivity index (χ3n) is 6.63. The molecule has 5 heteroatoms. The van der Waals surface area contributed by atoms with Crippen LogP contribution in [0.1, 0.15) is 113 Å². The number of hydrogen-bond acceptors (Lipinski definition) is 5. The van der Waals surface area contributed by atoms with Gasteiger partial charge in [-0.25, -0.2) is 0 Å². The Morgan fingerprint density at radius 2 is 1.31 bits per heavy atom. The van der Waals surface area contributed by atoms with E-state index in [4.69, 9.17) is 14.2 Å². The van der Waals surface area contributed by atoms with Crippen molar-refractivity contribution in [2.75, 3.05) is 14.2 Å². The summed E-state index contributed by atoms with van der Waals surface area (Å²) in [5.41, 5.74) is 1.14. The number of phenolic OH excluding ortho intramolecular Hbond substituents is 1. The van der Waals surface area contributed by atoms with E-state index in [1.165, 1.54) is 78.4 Å². The van der Waals surface area contributed by atoms with Crippen LogP contribution in [0.4, 0.5) is 0 Å². The SMILES string of the molecule is CCCCCCCCCCCCCCCC(=O)c1c(OCc2ccccc2)cc(OC)c(OC)c1O. The predicted molar refractivity (Wildman–Crippen MR) is 147 cm³/mol. The van der Waals surface area contributed by atoms with Crippen molar-refractivity contribution in [2.24, 2.45) is 0 Å². The molecule has 0 heterocycles. The molecule has 0 aliphatic rings. The lowest BCUT2D eigenvalue weighted by molar-refractivity contribution is 0.0971. The molecule has 0 amide bonds. The number of Topliss-reactive ketones (excluding diaryl/α,β-unsaturated/α-hetero) is 1. The summed E-state index contributed by atoms with van der Waals surface area (Å²) in [6.45, 7) is 2.55. The summed E-state index contributed by atoms with van der Waals surface area (Å²) in [5, 5.41) is 10.8. The zero-order valence-corrected chi connectivity index (χ0v) is 22.7. The van der Waals surface area contributed by atoms with Gasteiger partial charge in [0.25, 0.3) is 0 Å². The maximum Gasteiger partial charge on any atom is 0.204 e. The van der Waals surface area contributed by atoms with Crippen molar-refractivity contribution < 1.29 is 24.1 Å². The van der Waals surface area contributed by atoms with E-state index in [1.54, 1.807) is 6.07 Å². The summed E-state index contributed by atoms with van der Waals surface area (Å²) >= 11 is 0. The topological polar surface area (TPSA) is 65.0 Å². The van der Waals surface area contributed by atoms with Crippen LogP contribution in [0.25, 0.3) is 0 Å². The lowest BCUT2D eigenvalue weighted by Crippen LogP contribution is -2.07. The van der Waals surface area contributed by atoms with E-state index in [9.17, 15) is 9.90 Å². The van der Waals surface area contributed by atoms with Gasteiger partial charge in [-0.15, -0.1) is 0 Å². The largest absolute Gasteiger partial charge is 0.504 e. The van der Waals surface area contributed by atoms with Crippen LogP contribution in [-0.2, 0) is 6.61 Å². The summed E-state index contributed by atoms with van der Waals surface area (Å²) in [7, 11) is 2.94. The van der Waals surface area contributed by atoms with Crippen molar-refractivity contribution in [3.63, 3.8) is 0 Å². The van der Waals surface area contributed by atoms with Crippen LogP contribution in [0, 0.1) is 0 Å². The third-order valence-corrected chi connectivity index (χ3v) is 6.63. The van der Waals surface area contributed by atoms with E-state index >= 15 is 0 Å². The van der Waals surface area contributed by atoms with Crippen LogP contribution in [0.2, 0.25) is 0 Å². The molecule has 2 aromatic rings. The quantitative estimate of drug-likeness (QED) is 0.146. The van der Waals surface area contributed by atoms with Gasteiger partial charge in [0.15, 0.2) is 17.3 Å². The van der Waals surface area contributed by atoms with Gasteiger partial charge >= 0.3 is 0 Å². The standard InChI is InChI=1S/C31H46O5/c1-4-5-6-7-8-9-10-11-12-13-14-15-19-22-26(32)29-27(36-24-25-20-17-16-18-21-25)23-28(34-2)31(35-3)30(29)33/h16-18,20-21,23,33H,4-15,19,22,24H2,1-3H3. The summed E-state index contributed by atoms with van der Waals surface area (Å²) < 4.78 is 16.6. The molecule has 5 nitrogen and oxygen atoms in total. The smallest absolute Gasteiger partial charge is 0.204 e. The predicted octanol–water partition coefficient (Wildman–Crippen LogP) is 8.65. The first-order valence-electron chi connectivity index (χ1n) is 13.8. The van der Waals surface area contributed by atoms with Gasteiger partial charge in [-0.2, -0.15) is 0 Å². The Kier molecular flexibility index (Phi) is 14.5. The van der Waals surface area contributed by atoms with E-state index in [2.05, 4.69) is 6.92 Å². The zero-order chi connectivity index (χ0) is 26.0. The minimum Gasteiger partial charge on any atom is -0.504 e. The molecule has 0 aromatic heterocycles. The number of carbonyl (C=O) groups is 1. The second-order valence-corrected chi connectivity index (χ2v) is 9.52. The molecule has 0 bridgehead atoms.